The molecule has 1 aliphatic rings. The number of hydrogen-bond donors (Lipinski definition) is 1. The summed E-state index contributed by atoms with van der Waals surface area (Å²) in [7, 11) is 0. The highest BCUT2D eigenvalue weighted by Crippen LogP contribution is 2.16. The molecule has 0 spiro atoms. The van der Waals surface area contributed by atoms with E-state index in [-0.39, 0.29) is 31.4 Å². The van der Waals surface area contributed by atoms with E-state index < -0.39 is 35.2 Å². The summed E-state index contributed by atoms with van der Waals surface area (Å²) in [6.07, 6.45) is -0.846. The molecule has 0 aromatic heterocycles. The molecule has 114 valence electrons. The summed E-state index contributed by atoms with van der Waals surface area (Å²) in [5.41, 5.74) is -0.00397. The smallest absolute Gasteiger partial charge is 0.256 e. The molecule has 1 N–H and O–H groups in total. The van der Waals surface area contributed by atoms with Crippen molar-refractivity contribution < 1.29 is 27.5 Å². The first-order valence-corrected chi connectivity index (χ1v) is 6.54. The maximum absolute atomic E-state index is 13.4. The molecule has 2 rings (SSSR count). The second-order valence-electron chi connectivity index (χ2n) is 4.72. The number of Topliss-reactive ketones (excluding diaryl/α,β-unsaturated/α-hetero) is 1. The lowest BCUT2D eigenvalue weighted by Gasteiger charge is -2.21. The quantitative estimate of drug-likeness (QED) is 0.662. The Morgan fingerprint density at radius 2 is 1.95 bits per heavy atom. The van der Waals surface area contributed by atoms with Gasteiger partial charge < -0.3 is 10.1 Å². The van der Waals surface area contributed by atoms with Gasteiger partial charge in [0.1, 0.15) is 5.82 Å². The van der Waals surface area contributed by atoms with Crippen LogP contribution in [0.15, 0.2) is 12.1 Å². The van der Waals surface area contributed by atoms with E-state index in [4.69, 9.17) is 4.74 Å². The number of carbonyl (C=O) groups is 2. The lowest BCUT2D eigenvalue weighted by Crippen LogP contribution is -2.48. The van der Waals surface area contributed by atoms with Gasteiger partial charge in [-0.3, -0.25) is 9.59 Å². The Hall–Kier alpha value is -1.89. The molecule has 1 unspecified atom stereocenters. The molecule has 0 aliphatic carbocycles. The number of nitrogens with one attached hydrogen (secondary N) is 1. The van der Waals surface area contributed by atoms with Crippen molar-refractivity contribution in [3.8, 4) is 0 Å². The number of aryl methyl sites for hydroxylation is 1. The van der Waals surface area contributed by atoms with Gasteiger partial charge in [-0.2, -0.15) is 0 Å². The number of hydrogen-bond acceptors (Lipinski definition) is 3. The molecular formula is C14H14F3NO3. The van der Waals surface area contributed by atoms with Gasteiger partial charge in [-0.1, -0.05) is 0 Å². The third-order valence-corrected chi connectivity index (χ3v) is 3.17. The minimum atomic E-state index is -1.25. The van der Waals surface area contributed by atoms with Crippen molar-refractivity contribution in [2.24, 2.45) is 0 Å². The van der Waals surface area contributed by atoms with Crippen LogP contribution in [0.2, 0.25) is 0 Å². The van der Waals surface area contributed by atoms with Crippen LogP contribution in [0.5, 0.6) is 0 Å². The van der Waals surface area contributed by atoms with Gasteiger partial charge in [0.15, 0.2) is 23.5 Å². The van der Waals surface area contributed by atoms with E-state index in [0.717, 1.165) is 6.07 Å². The fourth-order valence-electron chi connectivity index (χ4n) is 2.10. The third kappa shape index (κ3) is 3.81. The highest BCUT2D eigenvalue weighted by atomic mass is 19.2. The van der Waals surface area contributed by atoms with Gasteiger partial charge in [-0.05, 0) is 24.5 Å². The molecule has 1 atom stereocenters. The first kappa shape index (κ1) is 15.5. The fourth-order valence-corrected chi connectivity index (χ4v) is 2.10. The van der Waals surface area contributed by atoms with Crippen molar-refractivity contribution in [2.45, 2.75) is 25.4 Å². The summed E-state index contributed by atoms with van der Waals surface area (Å²) in [6, 6.07) is 1.25. The standard InChI is InChI=1S/C14H14F3NO3/c15-9-7-11(17)10(16)6-8(9)2-1-3-12(19)13-14(20)18-4-5-21-13/h6-7,13H,1-5H2,(H,18,20). The number of halogens is 3. The molecule has 1 aliphatic heterocycles. The van der Waals surface area contributed by atoms with Gasteiger partial charge in [-0.25, -0.2) is 13.2 Å². The molecule has 0 saturated carbocycles. The average Bonchev–Trinajstić information content (AvgIpc) is 2.44. The Bertz CT molecular complexity index is 563. The summed E-state index contributed by atoms with van der Waals surface area (Å²) < 4.78 is 44.2. The van der Waals surface area contributed by atoms with Crippen molar-refractivity contribution >= 4 is 11.7 Å². The summed E-state index contributed by atoms with van der Waals surface area (Å²) in [5.74, 6) is -4.12. The summed E-state index contributed by atoms with van der Waals surface area (Å²) in [5, 5.41) is 2.51. The Morgan fingerprint density at radius 1 is 1.24 bits per heavy atom. The van der Waals surface area contributed by atoms with Crippen molar-refractivity contribution in [3.63, 3.8) is 0 Å². The van der Waals surface area contributed by atoms with Crippen LogP contribution < -0.4 is 5.32 Å². The van der Waals surface area contributed by atoms with Crippen LogP contribution in [0.3, 0.4) is 0 Å². The molecule has 4 nitrogen and oxygen atoms in total. The maximum Gasteiger partial charge on any atom is 0.256 e. The number of benzene rings is 1. The van der Waals surface area contributed by atoms with Gasteiger partial charge >= 0.3 is 0 Å². The van der Waals surface area contributed by atoms with Crippen LogP contribution in [0.1, 0.15) is 18.4 Å². The van der Waals surface area contributed by atoms with E-state index in [9.17, 15) is 22.8 Å². The van der Waals surface area contributed by atoms with Crippen molar-refractivity contribution in [2.75, 3.05) is 13.2 Å². The van der Waals surface area contributed by atoms with Crippen LogP contribution in [0.4, 0.5) is 13.2 Å². The number of ether oxygens (including phenoxy) is 1. The summed E-state index contributed by atoms with van der Waals surface area (Å²) in [6.45, 7) is 0.628. The van der Waals surface area contributed by atoms with Gasteiger partial charge in [0.2, 0.25) is 0 Å². The van der Waals surface area contributed by atoms with E-state index in [1.54, 1.807) is 0 Å². The lowest BCUT2D eigenvalue weighted by atomic mass is 10.0. The van der Waals surface area contributed by atoms with Gasteiger partial charge in [0.05, 0.1) is 6.61 Å². The zero-order chi connectivity index (χ0) is 15.4. The number of rotatable bonds is 5. The largest absolute Gasteiger partial charge is 0.359 e. The monoisotopic (exact) mass is 301 g/mol. The molecule has 1 fully saturated rings. The van der Waals surface area contributed by atoms with E-state index in [1.165, 1.54) is 0 Å². The minimum absolute atomic E-state index is 0.00345. The van der Waals surface area contributed by atoms with E-state index in [2.05, 4.69) is 5.32 Å². The van der Waals surface area contributed by atoms with Crippen molar-refractivity contribution in [1.82, 2.24) is 5.32 Å². The Balaban J connectivity index is 1.88. The molecule has 0 radical (unpaired) electrons. The van der Waals surface area contributed by atoms with Crippen LogP contribution in [-0.4, -0.2) is 30.9 Å². The molecule has 0 bridgehead atoms. The second kappa shape index (κ2) is 6.71. The van der Waals surface area contributed by atoms with Gasteiger partial charge in [0, 0.05) is 19.0 Å². The fraction of sp³-hybridized carbons (Fsp3) is 0.429. The summed E-state index contributed by atoms with van der Waals surface area (Å²) >= 11 is 0. The van der Waals surface area contributed by atoms with Crippen LogP contribution >= 0.6 is 0 Å². The zero-order valence-corrected chi connectivity index (χ0v) is 11.1. The lowest BCUT2D eigenvalue weighted by molar-refractivity contribution is -0.148. The Morgan fingerprint density at radius 3 is 2.67 bits per heavy atom. The van der Waals surface area contributed by atoms with Crippen LogP contribution in [0, 0.1) is 17.5 Å². The van der Waals surface area contributed by atoms with E-state index in [1.807, 2.05) is 0 Å². The zero-order valence-electron chi connectivity index (χ0n) is 11.1. The SMILES string of the molecule is O=C(CCCc1cc(F)c(F)cc1F)C1OCCNC1=O. The second-order valence-corrected chi connectivity index (χ2v) is 4.72. The number of carbonyl (C=O) groups excluding carboxylic acids is 2. The van der Waals surface area contributed by atoms with Gasteiger partial charge in [0.25, 0.3) is 5.91 Å². The molecular weight excluding hydrogens is 287 g/mol. The highest BCUT2D eigenvalue weighted by Gasteiger charge is 2.29. The molecule has 7 heteroatoms. The molecule has 1 amide bonds. The minimum Gasteiger partial charge on any atom is -0.359 e. The normalized spacial score (nSPS) is 18.4. The maximum atomic E-state index is 13.4. The molecule has 1 aromatic rings. The Labute approximate surface area is 119 Å². The van der Waals surface area contributed by atoms with Crippen LogP contribution in [0.25, 0.3) is 0 Å². The predicted octanol–water partition coefficient (Wildman–Crippen LogP) is 1.51. The summed E-state index contributed by atoms with van der Waals surface area (Å²) in [4.78, 5) is 23.2. The predicted molar refractivity (Wildman–Crippen MR) is 67.0 cm³/mol. The molecule has 21 heavy (non-hydrogen) atoms. The highest BCUT2D eigenvalue weighted by molar-refractivity contribution is 6.04. The molecule has 1 saturated heterocycles. The molecule has 1 aromatic carbocycles. The average molecular weight is 301 g/mol. The number of morpholine rings is 1. The first-order valence-electron chi connectivity index (χ1n) is 6.54. The van der Waals surface area contributed by atoms with Crippen molar-refractivity contribution in [1.29, 1.82) is 0 Å². The van der Waals surface area contributed by atoms with Crippen molar-refractivity contribution in [3.05, 3.63) is 35.1 Å². The van der Waals surface area contributed by atoms with E-state index >= 15 is 0 Å². The van der Waals surface area contributed by atoms with Crippen LogP contribution in [-0.2, 0) is 20.7 Å². The number of ketones is 1. The van der Waals surface area contributed by atoms with E-state index in [0.29, 0.717) is 12.6 Å². The van der Waals surface area contributed by atoms with Gasteiger partial charge in [-0.15, -0.1) is 0 Å². The first-order chi connectivity index (χ1) is 9.99. The number of amides is 1. The Kier molecular flexibility index (Phi) is 4.95. The third-order valence-electron chi connectivity index (χ3n) is 3.17. The topological polar surface area (TPSA) is 55.4 Å². The molecule has 1 heterocycles.